The van der Waals surface area contributed by atoms with Crippen molar-refractivity contribution >= 4 is 5.78 Å². The Labute approximate surface area is 172 Å². The highest BCUT2D eigenvalue weighted by molar-refractivity contribution is 5.91. The van der Waals surface area contributed by atoms with E-state index < -0.39 is 0 Å². The summed E-state index contributed by atoms with van der Waals surface area (Å²) in [6.07, 6.45) is 5.98. The van der Waals surface area contributed by atoms with Gasteiger partial charge < -0.3 is 14.2 Å². The molecular formula is C25H30O4. The summed E-state index contributed by atoms with van der Waals surface area (Å²) in [6.45, 7) is 5.41. The van der Waals surface area contributed by atoms with E-state index in [1.54, 1.807) is 7.11 Å². The zero-order valence-electron chi connectivity index (χ0n) is 17.6. The Morgan fingerprint density at radius 3 is 2.66 bits per heavy atom. The van der Waals surface area contributed by atoms with Crippen molar-refractivity contribution in [3.63, 3.8) is 0 Å². The van der Waals surface area contributed by atoms with Crippen LogP contribution in [0.1, 0.15) is 64.2 Å². The van der Waals surface area contributed by atoms with Crippen LogP contribution < -0.4 is 4.74 Å². The lowest BCUT2D eigenvalue weighted by atomic mass is 9.43. The van der Waals surface area contributed by atoms with Crippen molar-refractivity contribution in [1.82, 2.24) is 0 Å². The second-order valence-electron chi connectivity index (χ2n) is 10.4. The van der Waals surface area contributed by atoms with Gasteiger partial charge in [0.2, 0.25) is 0 Å². The number of allylic oxidation sites excluding steroid dienone is 1. The van der Waals surface area contributed by atoms with Crippen LogP contribution in [0.4, 0.5) is 0 Å². The molecule has 0 amide bonds. The second-order valence-corrected chi connectivity index (χ2v) is 10.4. The van der Waals surface area contributed by atoms with E-state index in [9.17, 15) is 4.79 Å². The number of rotatable bonds is 2. The first-order chi connectivity index (χ1) is 13.9. The van der Waals surface area contributed by atoms with Gasteiger partial charge in [0.15, 0.2) is 6.29 Å². The summed E-state index contributed by atoms with van der Waals surface area (Å²) in [5, 5.41) is 0. The molecule has 4 fully saturated rings. The predicted octanol–water partition coefficient (Wildman–Crippen LogP) is 4.99. The molecule has 1 heterocycles. The van der Waals surface area contributed by atoms with E-state index in [1.165, 1.54) is 17.6 Å². The van der Waals surface area contributed by atoms with Crippen molar-refractivity contribution in [3.05, 3.63) is 41.0 Å². The lowest BCUT2D eigenvalue weighted by Crippen LogP contribution is -2.57. The number of hydrogen-bond donors (Lipinski definition) is 0. The number of ketones is 1. The normalized spacial score (nSPS) is 45.2. The molecule has 0 radical (unpaired) electrons. The molecule has 0 aromatic heterocycles. The van der Waals surface area contributed by atoms with Gasteiger partial charge in [-0.2, -0.15) is 0 Å². The van der Waals surface area contributed by atoms with Crippen LogP contribution in [-0.2, 0) is 14.3 Å². The van der Waals surface area contributed by atoms with Crippen LogP contribution in [0.25, 0.3) is 0 Å². The standard InChI is InChI=1S/C25H30O4/c1-23-10-9-21(26)25(23)12-18-17-14-28-22(15-4-6-16(27-3)7-5-15)29-19(17)8-11-24(18,2)20(25)13-23/h4-7,19-20,22H,8-14H2,1-3H3/t19-,20?,22?,23-,24+,25?/m0/s1. The zero-order chi connectivity index (χ0) is 20.0. The van der Waals surface area contributed by atoms with Crippen molar-refractivity contribution < 1.29 is 19.0 Å². The molecule has 4 aliphatic carbocycles. The summed E-state index contributed by atoms with van der Waals surface area (Å²) in [5.74, 6) is 1.90. The van der Waals surface area contributed by atoms with E-state index in [0.29, 0.717) is 18.3 Å². The Morgan fingerprint density at radius 2 is 1.93 bits per heavy atom. The third kappa shape index (κ3) is 2.10. The van der Waals surface area contributed by atoms with Gasteiger partial charge in [0.05, 0.1) is 19.8 Å². The third-order valence-electron chi connectivity index (χ3n) is 9.41. The number of carbonyl (C=O) groups is 1. The minimum Gasteiger partial charge on any atom is -0.497 e. The van der Waals surface area contributed by atoms with Crippen LogP contribution >= 0.6 is 0 Å². The Hall–Kier alpha value is -1.65. The first-order valence-electron chi connectivity index (χ1n) is 11.1. The van der Waals surface area contributed by atoms with Gasteiger partial charge in [-0.15, -0.1) is 0 Å². The molecule has 6 atom stereocenters. The van der Waals surface area contributed by atoms with Crippen molar-refractivity contribution in [3.8, 4) is 5.75 Å². The van der Waals surface area contributed by atoms with E-state index >= 15 is 0 Å². The van der Waals surface area contributed by atoms with E-state index in [4.69, 9.17) is 14.2 Å². The van der Waals surface area contributed by atoms with E-state index in [0.717, 1.165) is 43.4 Å². The van der Waals surface area contributed by atoms with Gasteiger partial charge in [0.25, 0.3) is 0 Å². The van der Waals surface area contributed by atoms with Gasteiger partial charge in [-0.3, -0.25) is 4.79 Å². The maximum Gasteiger partial charge on any atom is 0.184 e. The largest absolute Gasteiger partial charge is 0.497 e. The van der Waals surface area contributed by atoms with E-state index in [1.807, 2.05) is 24.3 Å². The fraction of sp³-hybridized carbons (Fsp3) is 0.640. The maximum atomic E-state index is 13.1. The van der Waals surface area contributed by atoms with Crippen LogP contribution in [0, 0.1) is 22.2 Å². The summed E-state index contributed by atoms with van der Waals surface area (Å²) < 4.78 is 17.9. The van der Waals surface area contributed by atoms with Gasteiger partial charge in [0.1, 0.15) is 11.5 Å². The fourth-order valence-electron chi connectivity index (χ4n) is 7.69. The summed E-state index contributed by atoms with van der Waals surface area (Å²) in [5.41, 5.74) is 4.17. The number of benzene rings is 1. The van der Waals surface area contributed by atoms with Gasteiger partial charge >= 0.3 is 0 Å². The number of ether oxygens (including phenoxy) is 3. The Balaban J connectivity index is 1.32. The number of hydrogen-bond acceptors (Lipinski definition) is 4. The fourth-order valence-corrected chi connectivity index (χ4v) is 7.69. The molecule has 1 spiro atoms. The summed E-state index contributed by atoms with van der Waals surface area (Å²) >= 11 is 0. The lowest BCUT2D eigenvalue weighted by Gasteiger charge is -2.59. The van der Waals surface area contributed by atoms with Crippen molar-refractivity contribution in [2.45, 2.75) is 64.8 Å². The van der Waals surface area contributed by atoms with Crippen molar-refractivity contribution in [2.24, 2.45) is 22.2 Å². The molecular weight excluding hydrogens is 364 g/mol. The van der Waals surface area contributed by atoms with Gasteiger partial charge in [-0.1, -0.05) is 31.6 Å². The van der Waals surface area contributed by atoms with E-state index in [-0.39, 0.29) is 28.6 Å². The average molecular weight is 395 g/mol. The molecule has 1 aromatic carbocycles. The Kier molecular flexibility index (Phi) is 3.59. The number of Topliss-reactive ketones (excluding diaryl/α,β-unsaturated/α-hetero) is 1. The number of fused-ring (bicyclic) bond motifs is 3. The molecule has 1 saturated heterocycles. The van der Waals surface area contributed by atoms with E-state index in [2.05, 4.69) is 13.8 Å². The van der Waals surface area contributed by atoms with Crippen molar-refractivity contribution in [1.29, 1.82) is 0 Å². The number of methoxy groups -OCH3 is 1. The first-order valence-corrected chi connectivity index (χ1v) is 11.1. The maximum absolute atomic E-state index is 13.1. The highest BCUT2D eigenvalue weighted by atomic mass is 16.7. The Morgan fingerprint density at radius 1 is 1.14 bits per heavy atom. The monoisotopic (exact) mass is 394 g/mol. The molecule has 1 aliphatic heterocycles. The molecule has 5 aliphatic rings. The quantitative estimate of drug-likeness (QED) is 0.663. The van der Waals surface area contributed by atoms with Crippen LogP contribution in [0.3, 0.4) is 0 Å². The molecule has 29 heavy (non-hydrogen) atoms. The molecule has 0 bridgehead atoms. The molecule has 3 unspecified atom stereocenters. The molecule has 6 rings (SSSR count). The summed E-state index contributed by atoms with van der Waals surface area (Å²) in [4.78, 5) is 13.1. The van der Waals surface area contributed by atoms with Crippen molar-refractivity contribution in [2.75, 3.05) is 13.7 Å². The van der Waals surface area contributed by atoms with Gasteiger partial charge in [-0.25, -0.2) is 0 Å². The van der Waals surface area contributed by atoms with Gasteiger partial charge in [0, 0.05) is 17.4 Å². The third-order valence-corrected chi connectivity index (χ3v) is 9.41. The van der Waals surface area contributed by atoms with Crippen LogP contribution in [0.2, 0.25) is 0 Å². The molecule has 0 N–H and O–H groups in total. The highest BCUT2D eigenvalue weighted by Crippen LogP contribution is 2.81. The smallest absolute Gasteiger partial charge is 0.184 e. The van der Waals surface area contributed by atoms with Gasteiger partial charge in [-0.05, 0) is 66.6 Å². The molecule has 3 saturated carbocycles. The molecule has 4 nitrogen and oxygen atoms in total. The Bertz CT molecular complexity index is 917. The first kappa shape index (κ1) is 18.1. The average Bonchev–Trinajstić information content (AvgIpc) is 3.07. The van der Waals surface area contributed by atoms with Crippen LogP contribution in [-0.4, -0.2) is 25.6 Å². The molecule has 154 valence electrons. The predicted molar refractivity (Wildman–Crippen MR) is 108 cm³/mol. The second kappa shape index (κ2) is 5.73. The van der Waals surface area contributed by atoms with Crippen LogP contribution in [0.15, 0.2) is 35.4 Å². The minimum atomic E-state index is -0.325. The molecule has 1 aromatic rings. The molecule has 4 heteroatoms. The SMILES string of the molecule is COc1ccc(C2OCC3=C4CC56C(=O)CC[C@@]5(C)CC6[C@]4(C)CC[C@@H]3O2)cc1. The number of carbonyl (C=O) groups excluding carboxylic acids is 1. The summed E-state index contributed by atoms with van der Waals surface area (Å²) in [7, 11) is 1.68. The highest BCUT2D eigenvalue weighted by Gasteiger charge is 2.77. The minimum absolute atomic E-state index is 0.0915. The summed E-state index contributed by atoms with van der Waals surface area (Å²) in [6, 6.07) is 7.95. The van der Waals surface area contributed by atoms with Crippen LogP contribution in [0.5, 0.6) is 5.75 Å². The zero-order valence-corrected chi connectivity index (χ0v) is 17.6. The topological polar surface area (TPSA) is 44.8 Å². The lowest BCUT2D eigenvalue weighted by molar-refractivity contribution is -0.199.